The largest absolute Gasteiger partial charge is 0.444 e. The van der Waals surface area contributed by atoms with Gasteiger partial charge in [0, 0.05) is 11.9 Å². The Bertz CT molecular complexity index is 1070. The van der Waals surface area contributed by atoms with Crippen molar-refractivity contribution in [1.82, 2.24) is 20.1 Å². The van der Waals surface area contributed by atoms with Crippen molar-refractivity contribution < 1.29 is 14.3 Å². The van der Waals surface area contributed by atoms with Crippen molar-refractivity contribution in [2.45, 2.75) is 45.9 Å². The number of carbonyl (C=O) groups excluding carboxylic acids is 1. The fraction of sp³-hybridized carbons (Fsp3) is 0.375. The quantitative estimate of drug-likeness (QED) is 0.362. The van der Waals surface area contributed by atoms with Crippen LogP contribution in [-0.4, -0.2) is 39.7 Å². The van der Waals surface area contributed by atoms with Gasteiger partial charge in [-0.3, -0.25) is 4.68 Å². The molecule has 0 fully saturated rings. The van der Waals surface area contributed by atoms with Gasteiger partial charge in [-0.05, 0) is 45.4 Å². The molecule has 1 N–H and O–H groups in total. The van der Waals surface area contributed by atoms with E-state index in [2.05, 4.69) is 15.4 Å². The summed E-state index contributed by atoms with van der Waals surface area (Å²) in [5.74, 6) is 0. The topological polar surface area (TPSA) is 78.3 Å². The number of ether oxygens (including phenoxy) is 2. The minimum absolute atomic E-state index is 0.291. The number of halogens is 1. The standard InChI is InChI=1S/C24H29ClN4O3/c1-5-29-22-18(15-26-29)14-21(25)27-19(22)12-9-13-31-16-20(17-10-7-6-8-11-17)28-23(30)32-24(2,3)4/h6-12,14-15,20H,5,13,16H2,1-4H3,(H,28,30)/t20-/m1/s1. The molecule has 170 valence electrons. The molecule has 3 aromatic rings. The lowest BCUT2D eigenvalue weighted by Crippen LogP contribution is -2.36. The van der Waals surface area contributed by atoms with Crippen LogP contribution in [0.2, 0.25) is 5.15 Å². The minimum Gasteiger partial charge on any atom is -0.444 e. The van der Waals surface area contributed by atoms with Crippen LogP contribution < -0.4 is 5.32 Å². The molecule has 1 amide bonds. The maximum Gasteiger partial charge on any atom is 0.408 e. The summed E-state index contributed by atoms with van der Waals surface area (Å²) in [5, 5.41) is 8.62. The van der Waals surface area contributed by atoms with E-state index in [0.29, 0.717) is 18.4 Å². The maximum absolute atomic E-state index is 12.3. The van der Waals surface area contributed by atoms with Crippen LogP contribution in [0.3, 0.4) is 0 Å². The first-order chi connectivity index (χ1) is 15.3. The molecule has 1 atom stereocenters. The molecule has 0 aliphatic carbocycles. The number of alkyl carbamates (subject to hydrolysis) is 1. The molecule has 7 nitrogen and oxygen atoms in total. The Balaban J connectivity index is 1.65. The first-order valence-electron chi connectivity index (χ1n) is 10.6. The number of pyridine rings is 1. The van der Waals surface area contributed by atoms with Gasteiger partial charge in [0.15, 0.2) is 0 Å². The molecular formula is C24H29ClN4O3. The number of benzene rings is 1. The van der Waals surface area contributed by atoms with Crippen LogP contribution in [0, 0.1) is 0 Å². The fourth-order valence-corrected chi connectivity index (χ4v) is 3.45. The Morgan fingerprint density at radius 2 is 2.03 bits per heavy atom. The SMILES string of the molecule is CCn1ncc2cc(Cl)nc(C=CCOC[C@@H](NC(=O)OC(C)(C)C)c3ccccc3)c21. The van der Waals surface area contributed by atoms with Gasteiger partial charge in [-0.1, -0.05) is 48.0 Å². The Morgan fingerprint density at radius 1 is 1.28 bits per heavy atom. The molecule has 0 bridgehead atoms. The molecule has 2 aromatic heterocycles. The number of carbonyl (C=O) groups is 1. The summed E-state index contributed by atoms with van der Waals surface area (Å²) in [5.41, 5.74) is 2.03. The van der Waals surface area contributed by atoms with E-state index < -0.39 is 11.7 Å². The van der Waals surface area contributed by atoms with E-state index in [1.165, 1.54) is 0 Å². The molecular weight excluding hydrogens is 428 g/mol. The number of rotatable bonds is 8. The number of nitrogens with one attached hydrogen (secondary N) is 1. The van der Waals surface area contributed by atoms with E-state index in [1.807, 2.05) is 74.9 Å². The highest BCUT2D eigenvalue weighted by Crippen LogP contribution is 2.22. The van der Waals surface area contributed by atoms with Crippen LogP contribution >= 0.6 is 11.6 Å². The predicted molar refractivity (Wildman–Crippen MR) is 127 cm³/mol. The van der Waals surface area contributed by atoms with Crippen molar-refractivity contribution in [1.29, 1.82) is 0 Å². The number of nitrogens with zero attached hydrogens (tertiary/aromatic N) is 3. The number of fused-ring (bicyclic) bond motifs is 1. The van der Waals surface area contributed by atoms with E-state index in [4.69, 9.17) is 21.1 Å². The van der Waals surface area contributed by atoms with Crippen LogP contribution in [-0.2, 0) is 16.0 Å². The monoisotopic (exact) mass is 456 g/mol. The zero-order chi connectivity index (χ0) is 23.1. The van der Waals surface area contributed by atoms with Crippen LogP contribution in [0.5, 0.6) is 0 Å². The Labute approximate surface area is 193 Å². The highest BCUT2D eigenvalue weighted by atomic mass is 35.5. The van der Waals surface area contributed by atoms with Gasteiger partial charge >= 0.3 is 6.09 Å². The molecule has 0 saturated carbocycles. The van der Waals surface area contributed by atoms with Crippen molar-refractivity contribution in [2.75, 3.05) is 13.2 Å². The first kappa shape index (κ1) is 23.8. The lowest BCUT2D eigenvalue weighted by molar-refractivity contribution is 0.0455. The van der Waals surface area contributed by atoms with Crippen molar-refractivity contribution in [2.24, 2.45) is 0 Å². The van der Waals surface area contributed by atoms with E-state index >= 15 is 0 Å². The molecule has 0 unspecified atom stereocenters. The number of aromatic nitrogens is 3. The predicted octanol–water partition coefficient (Wildman–Crippen LogP) is 5.40. The summed E-state index contributed by atoms with van der Waals surface area (Å²) in [6, 6.07) is 11.1. The Kier molecular flexibility index (Phi) is 7.88. The molecule has 0 radical (unpaired) electrons. The second kappa shape index (κ2) is 10.6. The molecule has 32 heavy (non-hydrogen) atoms. The van der Waals surface area contributed by atoms with Gasteiger partial charge in [-0.2, -0.15) is 5.10 Å². The Hall–Kier alpha value is -2.90. The van der Waals surface area contributed by atoms with Gasteiger partial charge < -0.3 is 14.8 Å². The second-order valence-corrected chi connectivity index (χ2v) is 8.66. The summed E-state index contributed by atoms with van der Waals surface area (Å²) >= 11 is 6.15. The van der Waals surface area contributed by atoms with Gasteiger partial charge in [0.05, 0.1) is 36.7 Å². The third-order valence-corrected chi connectivity index (χ3v) is 4.77. The first-order valence-corrected chi connectivity index (χ1v) is 11.0. The fourth-order valence-electron chi connectivity index (χ4n) is 3.24. The van der Waals surface area contributed by atoms with Crippen LogP contribution in [0.4, 0.5) is 4.79 Å². The molecule has 0 saturated heterocycles. The van der Waals surface area contributed by atoms with Gasteiger partial charge in [0.25, 0.3) is 0 Å². The van der Waals surface area contributed by atoms with Gasteiger partial charge in [0.1, 0.15) is 10.8 Å². The van der Waals surface area contributed by atoms with Crippen molar-refractivity contribution in [3.05, 3.63) is 65.1 Å². The van der Waals surface area contributed by atoms with Gasteiger partial charge in [-0.15, -0.1) is 0 Å². The zero-order valence-electron chi connectivity index (χ0n) is 18.8. The molecule has 0 spiro atoms. The summed E-state index contributed by atoms with van der Waals surface area (Å²) in [6.45, 7) is 8.89. The lowest BCUT2D eigenvalue weighted by atomic mass is 10.1. The van der Waals surface area contributed by atoms with Gasteiger partial charge in [0.2, 0.25) is 0 Å². The molecule has 0 aliphatic rings. The zero-order valence-corrected chi connectivity index (χ0v) is 19.6. The van der Waals surface area contributed by atoms with Crippen LogP contribution in [0.15, 0.2) is 48.7 Å². The summed E-state index contributed by atoms with van der Waals surface area (Å²) in [7, 11) is 0. The average Bonchev–Trinajstić information content (AvgIpc) is 3.14. The molecule has 3 rings (SSSR count). The van der Waals surface area contributed by atoms with E-state index in [9.17, 15) is 4.79 Å². The number of amides is 1. The van der Waals surface area contributed by atoms with Gasteiger partial charge in [-0.25, -0.2) is 9.78 Å². The summed E-state index contributed by atoms with van der Waals surface area (Å²) in [4.78, 5) is 16.7. The smallest absolute Gasteiger partial charge is 0.408 e. The minimum atomic E-state index is -0.574. The lowest BCUT2D eigenvalue weighted by Gasteiger charge is -2.23. The third-order valence-electron chi connectivity index (χ3n) is 4.58. The summed E-state index contributed by atoms with van der Waals surface area (Å²) in [6.07, 6.45) is 5.05. The molecule has 2 heterocycles. The van der Waals surface area contributed by atoms with E-state index in [-0.39, 0.29) is 6.04 Å². The van der Waals surface area contributed by atoms with Crippen molar-refractivity contribution >= 4 is 34.7 Å². The van der Waals surface area contributed by atoms with E-state index in [1.54, 1.807) is 12.3 Å². The van der Waals surface area contributed by atoms with Crippen LogP contribution in [0.1, 0.15) is 45.0 Å². The summed E-state index contributed by atoms with van der Waals surface area (Å²) < 4.78 is 13.1. The highest BCUT2D eigenvalue weighted by Gasteiger charge is 2.20. The highest BCUT2D eigenvalue weighted by molar-refractivity contribution is 6.30. The molecule has 0 aliphatic heterocycles. The molecule has 8 heteroatoms. The van der Waals surface area contributed by atoms with Crippen molar-refractivity contribution in [3.63, 3.8) is 0 Å². The number of hydrogen-bond acceptors (Lipinski definition) is 5. The Morgan fingerprint density at radius 3 is 2.72 bits per heavy atom. The van der Waals surface area contributed by atoms with Crippen molar-refractivity contribution in [3.8, 4) is 0 Å². The second-order valence-electron chi connectivity index (χ2n) is 8.28. The third kappa shape index (κ3) is 6.55. The normalized spacial score (nSPS) is 12.9. The van der Waals surface area contributed by atoms with Crippen LogP contribution in [0.25, 0.3) is 17.0 Å². The molecule has 1 aromatic carbocycles. The van der Waals surface area contributed by atoms with E-state index in [0.717, 1.165) is 28.7 Å². The maximum atomic E-state index is 12.3. The number of aryl methyl sites for hydroxylation is 1. The number of hydrogen-bond donors (Lipinski definition) is 1. The average molecular weight is 457 g/mol.